The second kappa shape index (κ2) is 4.84. The van der Waals surface area contributed by atoms with Crippen molar-refractivity contribution in [2.24, 2.45) is 0 Å². The van der Waals surface area contributed by atoms with Crippen molar-refractivity contribution in [2.75, 3.05) is 5.32 Å². The van der Waals surface area contributed by atoms with Crippen LogP contribution in [0, 0.1) is 5.82 Å². The van der Waals surface area contributed by atoms with Crippen LogP contribution >= 0.6 is 0 Å². The van der Waals surface area contributed by atoms with Gasteiger partial charge >= 0.3 is 0 Å². The maximum absolute atomic E-state index is 12.8. The third-order valence-corrected chi connectivity index (χ3v) is 3.20. The number of benzene rings is 2. The molecule has 0 amide bonds. The molecule has 0 saturated heterocycles. The number of rotatable bonds is 4. The third kappa shape index (κ3) is 2.81. The van der Waals surface area contributed by atoms with Gasteiger partial charge in [-0.05, 0) is 61.4 Å². The van der Waals surface area contributed by atoms with Gasteiger partial charge in [-0.25, -0.2) is 4.39 Å². The van der Waals surface area contributed by atoms with Crippen molar-refractivity contribution < 1.29 is 9.18 Å². The standard InChI is InChI=1S/C16H14FNO/c17-13-5-1-11(2-6-13)16(19)12-3-7-14(8-4-12)18-15-9-10-15/h1-8,15,18H,9-10H2. The molecule has 0 unspecified atom stereocenters. The van der Waals surface area contributed by atoms with E-state index in [4.69, 9.17) is 0 Å². The summed E-state index contributed by atoms with van der Waals surface area (Å²) in [5.41, 5.74) is 2.16. The molecule has 1 aliphatic rings. The Morgan fingerprint density at radius 3 is 2.00 bits per heavy atom. The van der Waals surface area contributed by atoms with E-state index in [9.17, 15) is 9.18 Å². The molecule has 96 valence electrons. The van der Waals surface area contributed by atoms with E-state index < -0.39 is 0 Å². The molecule has 1 N–H and O–H groups in total. The first-order valence-electron chi connectivity index (χ1n) is 6.39. The maximum atomic E-state index is 12.8. The van der Waals surface area contributed by atoms with Crippen LogP contribution < -0.4 is 5.32 Å². The Bertz CT molecular complexity index is 585. The predicted molar refractivity (Wildman–Crippen MR) is 72.9 cm³/mol. The van der Waals surface area contributed by atoms with Crippen molar-refractivity contribution in [3.05, 3.63) is 65.5 Å². The molecule has 1 fully saturated rings. The van der Waals surface area contributed by atoms with Crippen LogP contribution in [0.1, 0.15) is 28.8 Å². The molecule has 2 aromatic rings. The van der Waals surface area contributed by atoms with Crippen LogP contribution in [0.3, 0.4) is 0 Å². The Morgan fingerprint density at radius 1 is 0.947 bits per heavy atom. The first-order valence-corrected chi connectivity index (χ1v) is 6.39. The molecular weight excluding hydrogens is 241 g/mol. The number of nitrogens with one attached hydrogen (secondary N) is 1. The summed E-state index contributed by atoms with van der Waals surface area (Å²) in [6.45, 7) is 0. The Hall–Kier alpha value is -2.16. The van der Waals surface area contributed by atoms with Gasteiger partial charge in [0, 0.05) is 22.9 Å². The quantitative estimate of drug-likeness (QED) is 0.845. The van der Waals surface area contributed by atoms with Crippen LogP contribution in [0.4, 0.5) is 10.1 Å². The lowest BCUT2D eigenvalue weighted by Crippen LogP contribution is -2.03. The lowest BCUT2D eigenvalue weighted by molar-refractivity contribution is 0.103. The van der Waals surface area contributed by atoms with Crippen LogP contribution in [0.5, 0.6) is 0 Å². The number of anilines is 1. The first kappa shape index (κ1) is 11.9. The van der Waals surface area contributed by atoms with Crippen LogP contribution in [0.25, 0.3) is 0 Å². The van der Waals surface area contributed by atoms with Crippen molar-refractivity contribution in [1.82, 2.24) is 0 Å². The molecule has 0 spiro atoms. The summed E-state index contributed by atoms with van der Waals surface area (Å²) < 4.78 is 12.8. The van der Waals surface area contributed by atoms with Gasteiger partial charge in [0.1, 0.15) is 5.82 Å². The number of halogens is 1. The molecule has 19 heavy (non-hydrogen) atoms. The van der Waals surface area contributed by atoms with Crippen molar-refractivity contribution >= 4 is 11.5 Å². The maximum Gasteiger partial charge on any atom is 0.193 e. The number of ketones is 1. The van der Waals surface area contributed by atoms with Crippen LogP contribution in [0.15, 0.2) is 48.5 Å². The fourth-order valence-electron chi connectivity index (χ4n) is 1.95. The summed E-state index contributed by atoms with van der Waals surface area (Å²) in [7, 11) is 0. The second-order valence-electron chi connectivity index (χ2n) is 4.83. The summed E-state index contributed by atoms with van der Waals surface area (Å²) in [5.74, 6) is -0.418. The number of hydrogen-bond donors (Lipinski definition) is 1. The molecule has 0 bridgehead atoms. The minimum atomic E-state index is -0.333. The summed E-state index contributed by atoms with van der Waals surface area (Å²) >= 11 is 0. The average molecular weight is 255 g/mol. The molecular formula is C16H14FNO. The van der Waals surface area contributed by atoms with E-state index >= 15 is 0 Å². The molecule has 2 nitrogen and oxygen atoms in total. The van der Waals surface area contributed by atoms with E-state index in [-0.39, 0.29) is 11.6 Å². The van der Waals surface area contributed by atoms with E-state index in [1.54, 1.807) is 12.1 Å². The Morgan fingerprint density at radius 2 is 1.47 bits per heavy atom. The van der Waals surface area contributed by atoms with E-state index in [1.165, 1.54) is 37.1 Å². The molecule has 0 atom stereocenters. The molecule has 3 rings (SSSR count). The molecule has 1 aliphatic carbocycles. The molecule has 1 saturated carbocycles. The minimum Gasteiger partial charge on any atom is -0.382 e. The highest BCUT2D eigenvalue weighted by molar-refractivity contribution is 6.09. The fraction of sp³-hybridized carbons (Fsp3) is 0.188. The van der Waals surface area contributed by atoms with Gasteiger partial charge in [-0.1, -0.05) is 0 Å². The van der Waals surface area contributed by atoms with Gasteiger partial charge in [0.2, 0.25) is 0 Å². The third-order valence-electron chi connectivity index (χ3n) is 3.20. The molecule has 0 heterocycles. The summed E-state index contributed by atoms with van der Waals surface area (Å²) in [5, 5.41) is 3.37. The first-order chi connectivity index (χ1) is 9.22. The van der Waals surface area contributed by atoms with Crippen LogP contribution in [-0.2, 0) is 0 Å². The summed E-state index contributed by atoms with van der Waals surface area (Å²) in [6.07, 6.45) is 2.44. The van der Waals surface area contributed by atoms with Gasteiger partial charge in [-0.3, -0.25) is 4.79 Å². The van der Waals surface area contributed by atoms with Crippen molar-refractivity contribution in [1.29, 1.82) is 0 Å². The van der Waals surface area contributed by atoms with Gasteiger partial charge in [0.15, 0.2) is 5.78 Å². The number of carbonyl (C=O) groups excluding carboxylic acids is 1. The van der Waals surface area contributed by atoms with Gasteiger partial charge in [0.05, 0.1) is 0 Å². The number of carbonyl (C=O) groups is 1. The van der Waals surface area contributed by atoms with Gasteiger partial charge < -0.3 is 5.32 Å². The molecule has 3 heteroatoms. The van der Waals surface area contributed by atoms with E-state index in [2.05, 4.69) is 5.32 Å². The topological polar surface area (TPSA) is 29.1 Å². The van der Waals surface area contributed by atoms with E-state index in [0.29, 0.717) is 17.2 Å². The monoisotopic (exact) mass is 255 g/mol. The SMILES string of the molecule is O=C(c1ccc(F)cc1)c1ccc(NC2CC2)cc1. The zero-order valence-electron chi connectivity index (χ0n) is 10.4. The fourth-order valence-corrected chi connectivity index (χ4v) is 1.95. The zero-order valence-corrected chi connectivity index (χ0v) is 10.4. The normalized spacial score (nSPS) is 14.2. The van der Waals surface area contributed by atoms with E-state index in [0.717, 1.165) is 5.69 Å². The molecule has 0 aliphatic heterocycles. The molecule has 0 radical (unpaired) electrons. The van der Waals surface area contributed by atoms with Crippen molar-refractivity contribution in [2.45, 2.75) is 18.9 Å². The van der Waals surface area contributed by atoms with Crippen LogP contribution in [-0.4, -0.2) is 11.8 Å². The average Bonchev–Trinajstić information content (AvgIpc) is 3.24. The van der Waals surface area contributed by atoms with Gasteiger partial charge in [-0.2, -0.15) is 0 Å². The Balaban J connectivity index is 1.77. The van der Waals surface area contributed by atoms with Crippen molar-refractivity contribution in [3.63, 3.8) is 0 Å². The van der Waals surface area contributed by atoms with Gasteiger partial charge in [0.25, 0.3) is 0 Å². The second-order valence-corrected chi connectivity index (χ2v) is 4.83. The minimum absolute atomic E-state index is 0.0852. The highest BCUT2D eigenvalue weighted by Crippen LogP contribution is 2.25. The Kier molecular flexibility index (Phi) is 3.03. The smallest absolute Gasteiger partial charge is 0.193 e. The number of hydrogen-bond acceptors (Lipinski definition) is 2. The molecule has 0 aromatic heterocycles. The lowest BCUT2D eigenvalue weighted by Gasteiger charge is -2.06. The largest absolute Gasteiger partial charge is 0.382 e. The highest BCUT2D eigenvalue weighted by Gasteiger charge is 2.20. The zero-order chi connectivity index (χ0) is 13.2. The van der Waals surface area contributed by atoms with Crippen molar-refractivity contribution in [3.8, 4) is 0 Å². The highest BCUT2D eigenvalue weighted by atomic mass is 19.1. The molecule has 2 aromatic carbocycles. The summed E-state index contributed by atoms with van der Waals surface area (Å²) in [4.78, 5) is 12.2. The summed E-state index contributed by atoms with van der Waals surface area (Å²) in [6, 6.07) is 13.6. The van der Waals surface area contributed by atoms with E-state index in [1.807, 2.05) is 12.1 Å². The predicted octanol–water partition coefficient (Wildman–Crippen LogP) is 3.63. The Labute approximate surface area is 111 Å². The lowest BCUT2D eigenvalue weighted by atomic mass is 10.0. The van der Waals surface area contributed by atoms with Gasteiger partial charge in [-0.15, -0.1) is 0 Å². The van der Waals surface area contributed by atoms with Crippen LogP contribution in [0.2, 0.25) is 0 Å².